The van der Waals surface area contributed by atoms with E-state index in [-0.39, 0.29) is 0 Å². The van der Waals surface area contributed by atoms with Crippen LogP contribution in [-0.2, 0) is 0 Å². The van der Waals surface area contributed by atoms with Gasteiger partial charge >= 0.3 is 0 Å². The van der Waals surface area contributed by atoms with Crippen molar-refractivity contribution < 1.29 is 4.74 Å². The first kappa shape index (κ1) is 13.7. The number of nitrogens with one attached hydrogen (secondary N) is 1. The number of anilines is 1. The Hall–Kier alpha value is -1.32. The summed E-state index contributed by atoms with van der Waals surface area (Å²) in [5, 5.41) is 3.33. The van der Waals surface area contributed by atoms with Crippen LogP contribution in [0.1, 0.15) is 45.9 Å². The second-order valence-electron chi connectivity index (χ2n) is 4.29. The Labute approximate surface area is 104 Å². The van der Waals surface area contributed by atoms with E-state index in [0.717, 1.165) is 37.5 Å². The summed E-state index contributed by atoms with van der Waals surface area (Å²) < 4.78 is 5.59. The molecule has 17 heavy (non-hydrogen) atoms. The molecule has 4 nitrogen and oxygen atoms in total. The Bertz CT molecular complexity index is 341. The molecular formula is C13H23N3O. The van der Waals surface area contributed by atoms with E-state index in [1.807, 2.05) is 13.0 Å². The average molecular weight is 237 g/mol. The third-order valence-electron chi connectivity index (χ3n) is 2.57. The smallest absolute Gasteiger partial charge is 0.218 e. The van der Waals surface area contributed by atoms with E-state index >= 15 is 0 Å². The Morgan fingerprint density at radius 1 is 1.35 bits per heavy atom. The molecule has 1 aromatic rings. The minimum absolute atomic E-state index is 0.410. The van der Waals surface area contributed by atoms with Gasteiger partial charge in [-0.05, 0) is 26.7 Å². The number of ether oxygens (including phenoxy) is 1. The van der Waals surface area contributed by atoms with Gasteiger partial charge in [0, 0.05) is 12.1 Å². The van der Waals surface area contributed by atoms with Crippen LogP contribution in [0.3, 0.4) is 0 Å². The van der Waals surface area contributed by atoms with Gasteiger partial charge < -0.3 is 10.1 Å². The van der Waals surface area contributed by atoms with Crippen molar-refractivity contribution in [3.63, 3.8) is 0 Å². The molecule has 0 amide bonds. The maximum absolute atomic E-state index is 5.59. The van der Waals surface area contributed by atoms with Gasteiger partial charge in [0.2, 0.25) is 5.88 Å². The van der Waals surface area contributed by atoms with Crippen LogP contribution < -0.4 is 10.1 Å². The predicted molar refractivity (Wildman–Crippen MR) is 70.5 cm³/mol. The SMILES string of the molecule is CCCCOc1cc(NC(C)CC)nc(C)n1. The van der Waals surface area contributed by atoms with Crippen LogP contribution in [0, 0.1) is 6.92 Å². The van der Waals surface area contributed by atoms with Crippen LogP contribution >= 0.6 is 0 Å². The second-order valence-corrected chi connectivity index (χ2v) is 4.29. The highest BCUT2D eigenvalue weighted by molar-refractivity contribution is 5.39. The molecule has 0 radical (unpaired) electrons. The Morgan fingerprint density at radius 2 is 2.12 bits per heavy atom. The minimum atomic E-state index is 0.410. The third kappa shape index (κ3) is 5.02. The number of hydrogen-bond donors (Lipinski definition) is 1. The highest BCUT2D eigenvalue weighted by atomic mass is 16.5. The Kier molecular flexibility index (Phi) is 5.73. The van der Waals surface area contributed by atoms with Crippen molar-refractivity contribution in [1.82, 2.24) is 9.97 Å². The lowest BCUT2D eigenvalue weighted by atomic mass is 10.2. The molecule has 0 aliphatic carbocycles. The number of rotatable bonds is 7. The van der Waals surface area contributed by atoms with E-state index in [1.165, 1.54) is 0 Å². The molecule has 1 N–H and O–H groups in total. The summed E-state index contributed by atoms with van der Waals surface area (Å²) in [6.45, 7) is 9.02. The summed E-state index contributed by atoms with van der Waals surface area (Å²) in [6, 6.07) is 2.28. The molecule has 0 spiro atoms. The largest absolute Gasteiger partial charge is 0.478 e. The quantitative estimate of drug-likeness (QED) is 0.740. The van der Waals surface area contributed by atoms with Gasteiger partial charge in [-0.15, -0.1) is 0 Å². The lowest BCUT2D eigenvalue weighted by molar-refractivity contribution is 0.296. The fraction of sp³-hybridized carbons (Fsp3) is 0.692. The van der Waals surface area contributed by atoms with Gasteiger partial charge in [-0.2, -0.15) is 4.98 Å². The molecule has 1 atom stereocenters. The van der Waals surface area contributed by atoms with Crippen molar-refractivity contribution in [3.8, 4) is 5.88 Å². The van der Waals surface area contributed by atoms with Gasteiger partial charge in [-0.25, -0.2) is 4.98 Å². The molecule has 96 valence electrons. The first-order valence-corrected chi connectivity index (χ1v) is 6.40. The molecule has 0 saturated carbocycles. The summed E-state index contributed by atoms with van der Waals surface area (Å²) in [6.07, 6.45) is 3.24. The molecule has 1 heterocycles. The molecule has 0 aliphatic rings. The van der Waals surface area contributed by atoms with Crippen molar-refractivity contribution in [2.45, 2.75) is 53.0 Å². The first-order valence-electron chi connectivity index (χ1n) is 6.40. The standard InChI is InChI=1S/C13H23N3O/c1-5-7-8-17-13-9-12(14-10(3)6-2)15-11(4)16-13/h9-10H,5-8H2,1-4H3,(H,14,15,16). The van der Waals surface area contributed by atoms with Crippen LogP contribution in [-0.4, -0.2) is 22.6 Å². The van der Waals surface area contributed by atoms with Crippen molar-refractivity contribution in [2.75, 3.05) is 11.9 Å². The molecule has 0 saturated heterocycles. The molecule has 0 aliphatic heterocycles. The van der Waals surface area contributed by atoms with Gasteiger partial charge in [0.15, 0.2) is 0 Å². The summed E-state index contributed by atoms with van der Waals surface area (Å²) >= 11 is 0. The van der Waals surface area contributed by atoms with Crippen molar-refractivity contribution in [1.29, 1.82) is 0 Å². The lowest BCUT2D eigenvalue weighted by Gasteiger charge is -2.13. The third-order valence-corrected chi connectivity index (χ3v) is 2.57. The number of hydrogen-bond acceptors (Lipinski definition) is 4. The van der Waals surface area contributed by atoms with Crippen LogP contribution in [0.5, 0.6) is 5.88 Å². The Balaban J connectivity index is 2.65. The van der Waals surface area contributed by atoms with Crippen LogP contribution in [0.4, 0.5) is 5.82 Å². The van der Waals surface area contributed by atoms with E-state index in [1.54, 1.807) is 0 Å². The molecule has 0 bridgehead atoms. The fourth-order valence-corrected chi connectivity index (χ4v) is 1.36. The molecule has 4 heteroatoms. The molecular weight excluding hydrogens is 214 g/mol. The van der Waals surface area contributed by atoms with E-state index in [4.69, 9.17) is 4.74 Å². The summed E-state index contributed by atoms with van der Waals surface area (Å²) in [5.74, 6) is 2.25. The van der Waals surface area contributed by atoms with Crippen LogP contribution in [0.25, 0.3) is 0 Å². The molecule has 0 aromatic carbocycles. The topological polar surface area (TPSA) is 47.0 Å². The highest BCUT2D eigenvalue weighted by Crippen LogP contribution is 2.15. The predicted octanol–water partition coefficient (Wildman–Crippen LogP) is 3.17. The van der Waals surface area contributed by atoms with Crippen LogP contribution in [0.2, 0.25) is 0 Å². The van der Waals surface area contributed by atoms with Crippen molar-refractivity contribution in [2.24, 2.45) is 0 Å². The number of aromatic nitrogens is 2. The Morgan fingerprint density at radius 3 is 2.76 bits per heavy atom. The maximum atomic E-state index is 5.59. The summed E-state index contributed by atoms with van der Waals surface area (Å²) in [4.78, 5) is 8.61. The van der Waals surface area contributed by atoms with Crippen LogP contribution in [0.15, 0.2) is 6.07 Å². The zero-order valence-electron chi connectivity index (χ0n) is 11.3. The second kappa shape index (κ2) is 7.09. The fourth-order valence-electron chi connectivity index (χ4n) is 1.36. The maximum Gasteiger partial charge on any atom is 0.218 e. The van der Waals surface area contributed by atoms with E-state index < -0.39 is 0 Å². The molecule has 1 aromatic heterocycles. The summed E-state index contributed by atoms with van der Waals surface area (Å²) in [7, 11) is 0. The normalized spacial score (nSPS) is 12.2. The average Bonchev–Trinajstić information content (AvgIpc) is 2.28. The highest BCUT2D eigenvalue weighted by Gasteiger charge is 2.05. The molecule has 1 unspecified atom stereocenters. The number of nitrogens with zero attached hydrogens (tertiary/aromatic N) is 2. The van der Waals surface area contributed by atoms with Gasteiger partial charge in [0.25, 0.3) is 0 Å². The van der Waals surface area contributed by atoms with Gasteiger partial charge in [-0.1, -0.05) is 20.3 Å². The molecule has 0 fully saturated rings. The van der Waals surface area contributed by atoms with Gasteiger partial charge in [0.1, 0.15) is 11.6 Å². The monoisotopic (exact) mass is 237 g/mol. The van der Waals surface area contributed by atoms with E-state index in [9.17, 15) is 0 Å². The minimum Gasteiger partial charge on any atom is -0.478 e. The number of unbranched alkanes of at least 4 members (excludes halogenated alkanes) is 1. The van der Waals surface area contributed by atoms with E-state index in [0.29, 0.717) is 11.9 Å². The zero-order valence-corrected chi connectivity index (χ0v) is 11.3. The zero-order chi connectivity index (χ0) is 12.7. The lowest BCUT2D eigenvalue weighted by Crippen LogP contribution is -2.15. The first-order chi connectivity index (χ1) is 8.15. The summed E-state index contributed by atoms with van der Waals surface area (Å²) in [5.41, 5.74) is 0. The van der Waals surface area contributed by atoms with Crippen molar-refractivity contribution >= 4 is 5.82 Å². The van der Waals surface area contributed by atoms with Gasteiger partial charge in [-0.3, -0.25) is 0 Å². The van der Waals surface area contributed by atoms with Gasteiger partial charge in [0.05, 0.1) is 6.61 Å². The van der Waals surface area contributed by atoms with E-state index in [2.05, 4.69) is 36.1 Å². The number of aryl methyl sites for hydroxylation is 1. The van der Waals surface area contributed by atoms with Crippen molar-refractivity contribution in [3.05, 3.63) is 11.9 Å². The molecule has 1 rings (SSSR count).